The molecule has 4 aliphatic rings. The van der Waals surface area contributed by atoms with Gasteiger partial charge in [0.25, 0.3) is 5.91 Å². The van der Waals surface area contributed by atoms with Crippen LogP contribution in [-0.2, 0) is 31.9 Å². The lowest BCUT2D eigenvalue weighted by Gasteiger charge is -2.34. The number of methoxy groups -OCH3 is 2. The van der Waals surface area contributed by atoms with Crippen LogP contribution in [0.3, 0.4) is 0 Å². The third-order valence-corrected chi connectivity index (χ3v) is 13.0. The third-order valence-electron chi connectivity index (χ3n) is 13.0. The van der Waals surface area contributed by atoms with Gasteiger partial charge in [0.2, 0.25) is 5.91 Å². The van der Waals surface area contributed by atoms with Gasteiger partial charge in [0, 0.05) is 30.5 Å². The van der Waals surface area contributed by atoms with Gasteiger partial charge in [0.1, 0.15) is 24.1 Å². The van der Waals surface area contributed by atoms with Gasteiger partial charge < -0.3 is 45.5 Å². The van der Waals surface area contributed by atoms with E-state index in [-0.39, 0.29) is 36.0 Å². The minimum atomic E-state index is -0.872. The summed E-state index contributed by atoms with van der Waals surface area (Å²) in [4.78, 5) is 64.6. The van der Waals surface area contributed by atoms with Crippen molar-refractivity contribution in [3.05, 3.63) is 119 Å². The number of H-pyrrole nitrogens is 1. The SMILES string of the molecule is COC(=O)N[C@H](C(=O)N1CCC[C@H]1C1NC=C(c2ccc3cc(-c4ccc5c(c4)CCc4[nH]c([C@@H]6CCCN6C(=O)[C@H](NC(=O)OC)c6ccccc6)nc4-5)ccc3c2)N1)C(C)C. The van der Waals surface area contributed by atoms with Gasteiger partial charge >= 0.3 is 12.2 Å². The van der Waals surface area contributed by atoms with E-state index in [4.69, 9.17) is 14.5 Å². The molecule has 1 unspecified atom stereocenters. The van der Waals surface area contributed by atoms with Crippen LogP contribution in [0.5, 0.6) is 0 Å². The zero-order valence-corrected chi connectivity index (χ0v) is 36.1. The van der Waals surface area contributed by atoms with Crippen LogP contribution in [-0.4, -0.2) is 89.3 Å². The first-order valence-electron chi connectivity index (χ1n) is 21.9. The summed E-state index contributed by atoms with van der Waals surface area (Å²) in [5.41, 5.74) is 9.34. The standard InChI is InChI=1S/C49H54N8O6/c1-28(2)41(54-48(60)62-3)46(58)56-22-8-12-39(56)44-50-27-38(52-44)35-17-16-31-24-30(14-15-32(31)26-35)33-18-20-36-34(25-33)19-21-37-43(36)53-45(51-37)40-13-9-23-57(40)47(59)42(55-49(61)63-4)29-10-6-5-7-11-29/h5-7,10-11,14-18,20,24-28,39-42,44,50,52H,8-9,12-13,19,21-23H2,1-4H3,(H,51,53)(H,54,60)(H,55,61)/t39-,40-,41-,42+,44?/m0/s1. The molecule has 0 spiro atoms. The fourth-order valence-electron chi connectivity index (χ4n) is 9.73. The van der Waals surface area contributed by atoms with Gasteiger partial charge in [-0.15, -0.1) is 0 Å². The Hall–Kier alpha value is -6.83. The van der Waals surface area contributed by atoms with E-state index in [1.807, 2.05) is 60.2 Å². The molecule has 4 heterocycles. The van der Waals surface area contributed by atoms with Crippen LogP contribution in [0.4, 0.5) is 9.59 Å². The number of carbonyl (C=O) groups excluding carboxylic acids is 4. The largest absolute Gasteiger partial charge is 0.453 e. The topological polar surface area (TPSA) is 170 Å². The lowest BCUT2D eigenvalue weighted by molar-refractivity contribution is -0.136. The highest BCUT2D eigenvalue weighted by molar-refractivity contribution is 5.91. The van der Waals surface area contributed by atoms with Gasteiger partial charge in [-0.1, -0.05) is 86.6 Å². The number of aryl methyl sites for hydroxylation is 2. The summed E-state index contributed by atoms with van der Waals surface area (Å²) in [6, 6.07) is 27.1. The van der Waals surface area contributed by atoms with E-state index in [2.05, 4.69) is 80.8 Å². The Balaban J connectivity index is 0.884. The Morgan fingerprint density at radius 2 is 1.44 bits per heavy atom. The number of benzene rings is 4. The lowest BCUT2D eigenvalue weighted by Crippen LogP contribution is -2.57. The predicted octanol–water partition coefficient (Wildman–Crippen LogP) is 6.95. The highest BCUT2D eigenvalue weighted by Crippen LogP contribution is 2.40. The van der Waals surface area contributed by atoms with Gasteiger partial charge in [0.05, 0.1) is 37.7 Å². The van der Waals surface area contributed by atoms with Crippen molar-refractivity contribution >= 4 is 40.5 Å². The van der Waals surface area contributed by atoms with Gasteiger partial charge in [-0.2, -0.15) is 0 Å². The Kier molecular flexibility index (Phi) is 11.5. The number of likely N-dealkylation sites (tertiary alicyclic amines) is 2. The molecule has 2 saturated heterocycles. The van der Waals surface area contributed by atoms with Gasteiger partial charge in [-0.3, -0.25) is 9.59 Å². The van der Waals surface area contributed by atoms with E-state index in [0.29, 0.717) is 18.7 Å². The first-order valence-corrected chi connectivity index (χ1v) is 21.9. The number of hydrogen-bond acceptors (Lipinski definition) is 9. The molecule has 5 aromatic rings. The van der Waals surface area contributed by atoms with E-state index >= 15 is 0 Å². The van der Waals surface area contributed by atoms with Crippen molar-refractivity contribution in [3.63, 3.8) is 0 Å². The summed E-state index contributed by atoms with van der Waals surface area (Å²) >= 11 is 0. The van der Waals surface area contributed by atoms with E-state index in [0.717, 1.165) is 94.5 Å². The van der Waals surface area contributed by atoms with Crippen molar-refractivity contribution < 1.29 is 28.7 Å². The minimum absolute atomic E-state index is 0.0713. The number of imidazole rings is 1. The number of aromatic amines is 1. The Bertz CT molecular complexity index is 2590. The number of fused-ring (bicyclic) bond motifs is 4. The average Bonchev–Trinajstić information content (AvgIpc) is 4.16. The number of ether oxygens (including phenoxy) is 2. The number of carbonyl (C=O) groups is 4. The molecule has 1 aliphatic carbocycles. The quantitative estimate of drug-likeness (QED) is 0.0999. The third kappa shape index (κ3) is 8.17. The molecule has 5 N–H and O–H groups in total. The fraction of sp³-hybridized carbons (Fsp3) is 0.367. The van der Waals surface area contributed by atoms with Gasteiger partial charge in [-0.25, -0.2) is 14.6 Å². The number of rotatable bonds is 10. The molecule has 5 atom stereocenters. The predicted molar refractivity (Wildman–Crippen MR) is 240 cm³/mol. The molecule has 4 aromatic carbocycles. The van der Waals surface area contributed by atoms with E-state index in [1.165, 1.54) is 19.8 Å². The monoisotopic (exact) mass is 850 g/mol. The maximum atomic E-state index is 14.1. The molecule has 63 heavy (non-hydrogen) atoms. The van der Waals surface area contributed by atoms with Crippen molar-refractivity contribution in [2.45, 2.75) is 82.7 Å². The maximum Gasteiger partial charge on any atom is 0.407 e. The number of aromatic nitrogens is 2. The number of nitrogens with zero attached hydrogens (tertiary/aromatic N) is 3. The molecule has 14 heteroatoms. The molecule has 1 aromatic heterocycles. The maximum absolute atomic E-state index is 14.1. The van der Waals surface area contributed by atoms with Crippen LogP contribution in [0, 0.1) is 5.92 Å². The van der Waals surface area contributed by atoms with Gasteiger partial charge in [-0.05, 0) is 95.2 Å². The van der Waals surface area contributed by atoms with E-state index < -0.39 is 24.3 Å². The van der Waals surface area contributed by atoms with Crippen LogP contribution in [0.1, 0.15) is 79.8 Å². The number of hydrogen-bond donors (Lipinski definition) is 5. The van der Waals surface area contributed by atoms with Crippen molar-refractivity contribution in [2.75, 3.05) is 27.3 Å². The van der Waals surface area contributed by atoms with Crippen molar-refractivity contribution in [1.29, 1.82) is 0 Å². The first-order chi connectivity index (χ1) is 30.6. The van der Waals surface area contributed by atoms with E-state index in [9.17, 15) is 19.2 Å². The van der Waals surface area contributed by atoms with Crippen LogP contribution in [0.25, 0.3) is 38.9 Å². The zero-order valence-electron chi connectivity index (χ0n) is 36.1. The number of alkyl carbamates (subject to hydrolysis) is 2. The highest BCUT2D eigenvalue weighted by Gasteiger charge is 2.41. The van der Waals surface area contributed by atoms with E-state index in [1.54, 1.807) is 0 Å². The molecular formula is C49H54N8O6. The first kappa shape index (κ1) is 41.5. The Morgan fingerprint density at radius 3 is 2.21 bits per heavy atom. The molecule has 0 bridgehead atoms. The minimum Gasteiger partial charge on any atom is -0.453 e. The molecule has 0 saturated carbocycles. The molecule has 0 radical (unpaired) electrons. The van der Waals surface area contributed by atoms with Crippen LogP contribution in [0.15, 0.2) is 91.1 Å². The molecular weight excluding hydrogens is 797 g/mol. The van der Waals surface area contributed by atoms with Crippen molar-refractivity contribution in [3.8, 4) is 22.4 Å². The number of amides is 4. The molecule has 9 rings (SSSR count). The summed E-state index contributed by atoms with van der Waals surface area (Å²) in [6.07, 6.45) is 5.61. The molecule has 14 nitrogen and oxygen atoms in total. The summed E-state index contributed by atoms with van der Waals surface area (Å²) in [5.74, 6) is 0.404. The second-order valence-corrected chi connectivity index (χ2v) is 17.2. The second-order valence-electron chi connectivity index (χ2n) is 17.2. The second kappa shape index (κ2) is 17.5. The summed E-state index contributed by atoms with van der Waals surface area (Å²) < 4.78 is 9.66. The smallest absolute Gasteiger partial charge is 0.407 e. The summed E-state index contributed by atoms with van der Waals surface area (Å²) in [6.45, 7) is 5.05. The average molecular weight is 851 g/mol. The van der Waals surface area contributed by atoms with Crippen LogP contribution >= 0.6 is 0 Å². The van der Waals surface area contributed by atoms with Crippen LogP contribution < -0.4 is 21.3 Å². The Morgan fingerprint density at radius 1 is 0.762 bits per heavy atom. The molecule has 2 fully saturated rings. The summed E-state index contributed by atoms with van der Waals surface area (Å²) in [5, 5.41) is 14.9. The van der Waals surface area contributed by atoms with Crippen molar-refractivity contribution in [1.82, 2.24) is 41.0 Å². The number of nitrogens with one attached hydrogen (secondary N) is 5. The summed E-state index contributed by atoms with van der Waals surface area (Å²) in [7, 11) is 2.60. The normalized spacial score (nSPS) is 20.0. The molecule has 326 valence electrons. The lowest BCUT2D eigenvalue weighted by atomic mass is 9.89. The molecule has 3 aliphatic heterocycles. The zero-order chi connectivity index (χ0) is 43.8. The Labute approximate surface area is 366 Å². The van der Waals surface area contributed by atoms with Crippen LogP contribution in [0.2, 0.25) is 0 Å². The highest BCUT2D eigenvalue weighted by atomic mass is 16.5. The van der Waals surface area contributed by atoms with Crippen molar-refractivity contribution in [2.24, 2.45) is 5.92 Å². The molecule has 4 amide bonds. The fourth-order valence-corrected chi connectivity index (χ4v) is 9.73. The van der Waals surface area contributed by atoms with Gasteiger partial charge in [0.15, 0.2) is 0 Å².